The van der Waals surface area contributed by atoms with Crippen molar-refractivity contribution in [2.45, 2.75) is 76.9 Å². The van der Waals surface area contributed by atoms with Crippen molar-refractivity contribution in [1.29, 1.82) is 0 Å². The zero-order chi connectivity index (χ0) is 14.3. The number of nitrogens with one attached hydrogen (secondary N) is 1. The molecule has 0 aromatic heterocycles. The lowest BCUT2D eigenvalue weighted by molar-refractivity contribution is -0.0934. The molecule has 2 saturated heterocycles. The van der Waals surface area contributed by atoms with E-state index < -0.39 is 0 Å². The van der Waals surface area contributed by atoms with E-state index in [0.717, 1.165) is 12.5 Å². The van der Waals surface area contributed by atoms with Crippen LogP contribution in [0.3, 0.4) is 0 Å². The van der Waals surface area contributed by atoms with Gasteiger partial charge in [0.1, 0.15) is 0 Å². The van der Waals surface area contributed by atoms with Crippen molar-refractivity contribution in [3.63, 3.8) is 0 Å². The molecular weight excluding hydrogens is 266 g/mol. The lowest BCUT2D eigenvalue weighted by Gasteiger charge is -2.43. The van der Waals surface area contributed by atoms with E-state index in [1.54, 1.807) is 0 Å². The van der Waals surface area contributed by atoms with Gasteiger partial charge >= 0.3 is 0 Å². The number of hydrogen-bond acceptors (Lipinski definition) is 3. The average molecular weight is 300 g/mol. The molecule has 118 valence electrons. The minimum atomic E-state index is 0.228. The lowest BCUT2D eigenvalue weighted by atomic mass is 9.85. The summed E-state index contributed by atoms with van der Waals surface area (Å²) in [5.74, 6) is 3.46. The predicted molar refractivity (Wildman–Crippen MR) is 89.6 cm³/mol. The Morgan fingerprint density at radius 2 is 2.10 bits per heavy atom. The molecular formula is C17H33NOS. The number of rotatable bonds is 7. The summed E-state index contributed by atoms with van der Waals surface area (Å²) in [6, 6.07) is 0.697. The highest BCUT2D eigenvalue weighted by molar-refractivity contribution is 7.99. The Labute approximate surface area is 129 Å². The van der Waals surface area contributed by atoms with Gasteiger partial charge in [0.15, 0.2) is 0 Å². The molecule has 0 aliphatic carbocycles. The highest BCUT2D eigenvalue weighted by Crippen LogP contribution is 2.37. The van der Waals surface area contributed by atoms with Crippen molar-refractivity contribution in [1.82, 2.24) is 5.32 Å². The fraction of sp³-hybridized carbons (Fsp3) is 1.00. The molecule has 2 nitrogen and oxygen atoms in total. The van der Waals surface area contributed by atoms with Gasteiger partial charge in [-0.3, -0.25) is 0 Å². The predicted octanol–water partition coefficient (Wildman–Crippen LogP) is 4.24. The fourth-order valence-corrected chi connectivity index (χ4v) is 4.81. The average Bonchev–Trinajstić information content (AvgIpc) is 2.48. The first-order valence-electron chi connectivity index (χ1n) is 8.73. The summed E-state index contributed by atoms with van der Waals surface area (Å²) in [6.45, 7) is 6.81. The van der Waals surface area contributed by atoms with Crippen LogP contribution in [0.4, 0.5) is 0 Å². The molecule has 2 aliphatic rings. The summed E-state index contributed by atoms with van der Waals surface area (Å²) in [7, 11) is 0. The van der Waals surface area contributed by atoms with Crippen molar-refractivity contribution in [3.05, 3.63) is 0 Å². The van der Waals surface area contributed by atoms with E-state index in [2.05, 4.69) is 30.9 Å². The number of unbranched alkanes of at least 4 members (excludes halogenated alkanes) is 1. The Morgan fingerprint density at radius 1 is 1.30 bits per heavy atom. The topological polar surface area (TPSA) is 21.3 Å². The van der Waals surface area contributed by atoms with Crippen LogP contribution in [0, 0.1) is 5.92 Å². The van der Waals surface area contributed by atoms with Gasteiger partial charge < -0.3 is 10.1 Å². The Balaban J connectivity index is 1.74. The van der Waals surface area contributed by atoms with E-state index in [1.165, 1.54) is 69.4 Å². The molecule has 3 heteroatoms. The summed E-state index contributed by atoms with van der Waals surface area (Å²) in [6.07, 6.45) is 10.4. The molecule has 2 heterocycles. The van der Waals surface area contributed by atoms with E-state index in [1.807, 2.05) is 0 Å². The van der Waals surface area contributed by atoms with Crippen LogP contribution in [-0.4, -0.2) is 36.3 Å². The third-order valence-electron chi connectivity index (χ3n) is 5.14. The molecule has 2 aliphatic heterocycles. The van der Waals surface area contributed by atoms with Crippen LogP contribution in [0.5, 0.6) is 0 Å². The van der Waals surface area contributed by atoms with Crippen molar-refractivity contribution in [3.8, 4) is 0 Å². The highest BCUT2D eigenvalue weighted by atomic mass is 32.2. The zero-order valence-corrected chi connectivity index (χ0v) is 14.3. The Hall–Kier alpha value is 0.270. The summed E-state index contributed by atoms with van der Waals surface area (Å²) in [5, 5.41) is 3.87. The third-order valence-corrected chi connectivity index (χ3v) is 6.12. The van der Waals surface area contributed by atoms with Gasteiger partial charge in [-0.1, -0.05) is 33.1 Å². The third kappa shape index (κ3) is 4.92. The smallest absolute Gasteiger partial charge is 0.0713 e. The normalized spacial score (nSPS) is 27.6. The molecule has 0 radical (unpaired) electrons. The lowest BCUT2D eigenvalue weighted by Crippen LogP contribution is -2.49. The van der Waals surface area contributed by atoms with Gasteiger partial charge in [0.2, 0.25) is 0 Å². The van der Waals surface area contributed by atoms with Crippen LogP contribution >= 0.6 is 11.8 Å². The molecule has 2 atom stereocenters. The number of hydrogen-bond donors (Lipinski definition) is 1. The minimum Gasteiger partial charge on any atom is -0.375 e. The Kier molecular flexibility index (Phi) is 7.20. The second-order valence-corrected chi connectivity index (χ2v) is 7.88. The summed E-state index contributed by atoms with van der Waals surface area (Å²) in [5.41, 5.74) is 0.228. The van der Waals surface area contributed by atoms with Crippen LogP contribution in [0.25, 0.3) is 0 Å². The van der Waals surface area contributed by atoms with Gasteiger partial charge in [-0.05, 0) is 56.1 Å². The van der Waals surface area contributed by atoms with Crippen LogP contribution in [0.1, 0.15) is 65.2 Å². The summed E-state index contributed by atoms with van der Waals surface area (Å²) < 4.78 is 6.18. The zero-order valence-electron chi connectivity index (χ0n) is 13.5. The van der Waals surface area contributed by atoms with E-state index in [0.29, 0.717) is 6.04 Å². The molecule has 0 bridgehead atoms. The quantitative estimate of drug-likeness (QED) is 0.760. The molecule has 0 amide bonds. The van der Waals surface area contributed by atoms with E-state index in [-0.39, 0.29) is 5.60 Å². The molecule has 2 rings (SSSR count). The van der Waals surface area contributed by atoms with Crippen molar-refractivity contribution in [2.75, 3.05) is 24.7 Å². The number of thioether (sulfide) groups is 1. The van der Waals surface area contributed by atoms with Crippen LogP contribution in [-0.2, 0) is 4.74 Å². The Morgan fingerprint density at radius 3 is 2.80 bits per heavy atom. The summed E-state index contributed by atoms with van der Waals surface area (Å²) in [4.78, 5) is 0. The molecule has 2 unspecified atom stereocenters. The van der Waals surface area contributed by atoms with E-state index >= 15 is 0 Å². The highest BCUT2D eigenvalue weighted by Gasteiger charge is 2.38. The monoisotopic (exact) mass is 299 g/mol. The van der Waals surface area contributed by atoms with Crippen LogP contribution < -0.4 is 5.32 Å². The maximum absolute atomic E-state index is 6.18. The molecule has 1 N–H and O–H groups in total. The molecule has 0 aromatic carbocycles. The largest absolute Gasteiger partial charge is 0.375 e. The maximum atomic E-state index is 6.18. The molecule has 20 heavy (non-hydrogen) atoms. The van der Waals surface area contributed by atoms with Gasteiger partial charge in [-0.2, -0.15) is 11.8 Å². The van der Waals surface area contributed by atoms with Crippen molar-refractivity contribution < 1.29 is 4.74 Å². The fourth-order valence-electron chi connectivity index (χ4n) is 3.57. The SMILES string of the molecule is CCCCC(CC)CNC1CCOC2(CCSCC2)C1. The van der Waals surface area contributed by atoms with Gasteiger partial charge in [-0.25, -0.2) is 0 Å². The van der Waals surface area contributed by atoms with Gasteiger partial charge in [0.25, 0.3) is 0 Å². The molecule has 0 saturated carbocycles. The van der Waals surface area contributed by atoms with Crippen LogP contribution in [0.2, 0.25) is 0 Å². The minimum absolute atomic E-state index is 0.228. The summed E-state index contributed by atoms with van der Waals surface area (Å²) >= 11 is 2.09. The molecule has 0 aromatic rings. The molecule has 2 fully saturated rings. The second kappa shape index (κ2) is 8.65. The maximum Gasteiger partial charge on any atom is 0.0713 e. The van der Waals surface area contributed by atoms with Crippen molar-refractivity contribution in [2.24, 2.45) is 5.92 Å². The van der Waals surface area contributed by atoms with E-state index in [4.69, 9.17) is 4.74 Å². The number of ether oxygens (including phenoxy) is 1. The standard InChI is InChI=1S/C17H33NOS/c1-3-5-6-15(4-2)14-18-16-7-10-19-17(13-16)8-11-20-12-9-17/h15-16,18H,3-14H2,1-2H3. The first-order chi connectivity index (χ1) is 9.78. The molecule has 1 spiro atoms. The first kappa shape index (κ1) is 16.6. The van der Waals surface area contributed by atoms with Gasteiger partial charge in [0, 0.05) is 12.6 Å². The Bertz CT molecular complexity index is 260. The van der Waals surface area contributed by atoms with Gasteiger partial charge in [0.05, 0.1) is 5.60 Å². The first-order valence-corrected chi connectivity index (χ1v) is 9.88. The van der Waals surface area contributed by atoms with Crippen LogP contribution in [0.15, 0.2) is 0 Å². The second-order valence-electron chi connectivity index (χ2n) is 6.66. The van der Waals surface area contributed by atoms with Crippen molar-refractivity contribution >= 4 is 11.8 Å². The van der Waals surface area contributed by atoms with E-state index in [9.17, 15) is 0 Å². The van der Waals surface area contributed by atoms with Gasteiger partial charge in [-0.15, -0.1) is 0 Å².